The average Bonchev–Trinajstić information content (AvgIpc) is 3.47. The highest BCUT2D eigenvalue weighted by molar-refractivity contribution is 8.01. The molecule has 0 aromatic heterocycles. The third-order valence-electron chi connectivity index (χ3n) is 6.78. The number of anilines is 1. The van der Waals surface area contributed by atoms with Crippen molar-refractivity contribution in [1.82, 2.24) is 4.90 Å². The van der Waals surface area contributed by atoms with Crippen LogP contribution in [0.3, 0.4) is 0 Å². The van der Waals surface area contributed by atoms with Crippen LogP contribution in [0.4, 0.5) is 5.69 Å². The Morgan fingerprint density at radius 3 is 2.50 bits per heavy atom. The molecule has 1 aliphatic carbocycles. The second-order valence-electron chi connectivity index (χ2n) is 8.86. The lowest BCUT2D eigenvalue weighted by Gasteiger charge is -2.35. The molecule has 2 fully saturated rings. The van der Waals surface area contributed by atoms with Crippen molar-refractivity contribution >= 4 is 29.3 Å². The summed E-state index contributed by atoms with van der Waals surface area (Å²) >= 11 is 1.64. The van der Waals surface area contributed by atoms with Gasteiger partial charge in [-0.15, -0.1) is 11.8 Å². The summed E-state index contributed by atoms with van der Waals surface area (Å²) in [6.45, 7) is 5.31. The van der Waals surface area contributed by atoms with Gasteiger partial charge in [0.15, 0.2) is 4.87 Å². The van der Waals surface area contributed by atoms with Gasteiger partial charge in [0, 0.05) is 23.8 Å². The number of thioether (sulfide) groups is 1. The molecule has 3 aliphatic rings. The number of carbonyl (C=O) groups is 2. The summed E-state index contributed by atoms with van der Waals surface area (Å²) in [6.07, 6.45) is 4.15. The van der Waals surface area contributed by atoms with Crippen LogP contribution in [0.15, 0.2) is 42.5 Å². The highest BCUT2D eigenvalue weighted by Crippen LogP contribution is 2.55. The van der Waals surface area contributed by atoms with Gasteiger partial charge >= 0.3 is 0 Å². The van der Waals surface area contributed by atoms with Gasteiger partial charge in [-0.1, -0.05) is 60.4 Å². The fourth-order valence-electron chi connectivity index (χ4n) is 5.18. The predicted molar refractivity (Wildman–Crippen MR) is 121 cm³/mol. The summed E-state index contributed by atoms with van der Waals surface area (Å²) in [5, 5.41) is 0. The number of rotatable bonds is 3. The molecule has 0 unspecified atom stereocenters. The number of aryl methyl sites for hydroxylation is 2. The van der Waals surface area contributed by atoms with Crippen molar-refractivity contribution in [3.63, 3.8) is 0 Å². The zero-order chi connectivity index (χ0) is 20.9. The molecule has 2 heterocycles. The largest absolute Gasteiger partial charge is 0.315 e. The van der Waals surface area contributed by atoms with Crippen LogP contribution in [0.2, 0.25) is 0 Å². The molecule has 0 radical (unpaired) electrons. The van der Waals surface area contributed by atoms with Crippen LogP contribution < -0.4 is 4.90 Å². The van der Waals surface area contributed by atoms with Crippen LogP contribution in [-0.4, -0.2) is 29.0 Å². The third kappa shape index (κ3) is 2.97. The van der Waals surface area contributed by atoms with Crippen LogP contribution in [0.5, 0.6) is 0 Å². The highest BCUT2D eigenvalue weighted by Gasteiger charge is 2.59. The Bertz CT molecular complexity index is 997. The van der Waals surface area contributed by atoms with Crippen LogP contribution in [-0.2, 0) is 21.0 Å². The SMILES string of the molecule is Cc1ccc(CN2C(=O)[C@]3(SCCN3C(=O)C3CCCC3)c3cc(C)ccc32)cc1. The molecule has 156 valence electrons. The summed E-state index contributed by atoms with van der Waals surface area (Å²) in [5.41, 5.74) is 5.38. The standard InChI is InChI=1S/C25H28N2O2S/c1-17-7-10-19(11-8-17)16-26-22-12-9-18(2)15-21(22)25(24(26)29)27(13-14-30-25)23(28)20-5-3-4-6-20/h7-12,15,20H,3-6,13-14,16H2,1-2H3/t25-/m1/s1. The molecule has 1 saturated carbocycles. The quantitative estimate of drug-likeness (QED) is 0.718. The number of hydrogen-bond acceptors (Lipinski definition) is 3. The fraction of sp³-hybridized carbons (Fsp3) is 0.440. The van der Waals surface area contributed by atoms with Gasteiger partial charge in [-0.2, -0.15) is 0 Å². The average molecular weight is 421 g/mol. The molecule has 1 spiro atoms. The minimum Gasteiger partial charge on any atom is -0.315 e. The Labute approximate surface area is 182 Å². The van der Waals surface area contributed by atoms with E-state index in [0.29, 0.717) is 13.1 Å². The van der Waals surface area contributed by atoms with Gasteiger partial charge in [0.1, 0.15) is 0 Å². The minimum absolute atomic E-state index is 0.0394. The zero-order valence-electron chi connectivity index (χ0n) is 17.7. The van der Waals surface area contributed by atoms with Crippen LogP contribution in [0, 0.1) is 19.8 Å². The van der Waals surface area contributed by atoms with Crippen molar-refractivity contribution in [2.75, 3.05) is 17.2 Å². The summed E-state index contributed by atoms with van der Waals surface area (Å²) in [7, 11) is 0. The van der Waals surface area contributed by atoms with Crippen LogP contribution in [0.1, 0.15) is 47.9 Å². The monoisotopic (exact) mass is 420 g/mol. The van der Waals surface area contributed by atoms with E-state index >= 15 is 0 Å². The molecule has 5 rings (SSSR count). The van der Waals surface area contributed by atoms with E-state index in [4.69, 9.17) is 0 Å². The lowest BCUT2D eigenvalue weighted by molar-refractivity contribution is -0.143. The van der Waals surface area contributed by atoms with E-state index in [1.165, 1.54) is 5.56 Å². The van der Waals surface area contributed by atoms with Gasteiger partial charge in [-0.25, -0.2) is 0 Å². The molecule has 2 aromatic rings. The zero-order valence-corrected chi connectivity index (χ0v) is 18.5. The van der Waals surface area contributed by atoms with Gasteiger partial charge < -0.3 is 9.80 Å². The number of nitrogens with zero attached hydrogens (tertiary/aromatic N) is 2. The molecule has 4 nitrogen and oxygen atoms in total. The van der Waals surface area contributed by atoms with E-state index in [1.807, 2.05) is 9.80 Å². The molecule has 5 heteroatoms. The summed E-state index contributed by atoms with van der Waals surface area (Å²) in [4.78, 5) is 30.4. The van der Waals surface area contributed by atoms with Crippen molar-refractivity contribution in [3.8, 4) is 0 Å². The van der Waals surface area contributed by atoms with E-state index < -0.39 is 4.87 Å². The minimum atomic E-state index is -0.897. The number of carbonyl (C=O) groups excluding carboxylic acids is 2. The molecule has 2 aliphatic heterocycles. The molecule has 30 heavy (non-hydrogen) atoms. The summed E-state index contributed by atoms with van der Waals surface area (Å²) < 4.78 is 0. The molecular formula is C25H28N2O2S. The Balaban J connectivity index is 1.56. The first-order valence-corrected chi connectivity index (χ1v) is 11.9. The van der Waals surface area contributed by atoms with Gasteiger partial charge in [0.25, 0.3) is 5.91 Å². The lowest BCUT2D eigenvalue weighted by Crippen LogP contribution is -2.51. The first-order valence-electron chi connectivity index (χ1n) is 10.9. The van der Waals surface area contributed by atoms with Gasteiger partial charge in [-0.05, 0) is 38.3 Å². The van der Waals surface area contributed by atoms with Crippen molar-refractivity contribution in [3.05, 3.63) is 64.7 Å². The van der Waals surface area contributed by atoms with Gasteiger partial charge in [-0.3, -0.25) is 9.59 Å². The van der Waals surface area contributed by atoms with Crippen molar-refractivity contribution in [2.24, 2.45) is 5.92 Å². The second kappa shape index (κ2) is 7.45. The molecule has 1 saturated heterocycles. The lowest BCUT2D eigenvalue weighted by atomic mass is 10.00. The van der Waals surface area contributed by atoms with Gasteiger partial charge in [0.05, 0.1) is 12.2 Å². The maximum atomic E-state index is 14.0. The number of amides is 2. The van der Waals surface area contributed by atoms with E-state index in [0.717, 1.165) is 53.8 Å². The van der Waals surface area contributed by atoms with E-state index in [9.17, 15) is 9.59 Å². The highest BCUT2D eigenvalue weighted by atomic mass is 32.2. The van der Waals surface area contributed by atoms with Crippen molar-refractivity contribution < 1.29 is 9.59 Å². The summed E-state index contributed by atoms with van der Waals surface area (Å²) in [5.74, 6) is 1.09. The van der Waals surface area contributed by atoms with Crippen LogP contribution in [0.25, 0.3) is 0 Å². The maximum Gasteiger partial charge on any atom is 0.268 e. The first-order chi connectivity index (χ1) is 14.5. The maximum absolute atomic E-state index is 14.0. The Morgan fingerprint density at radius 1 is 1.07 bits per heavy atom. The topological polar surface area (TPSA) is 40.6 Å². The number of fused-ring (bicyclic) bond motifs is 2. The van der Waals surface area contributed by atoms with Crippen molar-refractivity contribution in [2.45, 2.75) is 50.9 Å². The van der Waals surface area contributed by atoms with Crippen molar-refractivity contribution in [1.29, 1.82) is 0 Å². The second-order valence-corrected chi connectivity index (χ2v) is 10.1. The molecule has 0 bridgehead atoms. The number of hydrogen-bond donors (Lipinski definition) is 0. The Morgan fingerprint density at radius 2 is 1.77 bits per heavy atom. The van der Waals surface area contributed by atoms with E-state index in [2.05, 4.69) is 56.3 Å². The smallest absolute Gasteiger partial charge is 0.268 e. The summed E-state index contributed by atoms with van der Waals surface area (Å²) in [6, 6.07) is 14.6. The number of benzene rings is 2. The Hall–Kier alpha value is -2.27. The third-order valence-corrected chi connectivity index (χ3v) is 8.20. The molecule has 0 N–H and O–H groups in total. The normalized spacial score (nSPS) is 23.6. The first kappa shape index (κ1) is 19.7. The van der Waals surface area contributed by atoms with E-state index in [-0.39, 0.29) is 17.7 Å². The predicted octanol–water partition coefficient (Wildman–Crippen LogP) is 4.77. The molecule has 2 aromatic carbocycles. The fourth-order valence-corrected chi connectivity index (χ4v) is 6.64. The van der Waals surface area contributed by atoms with Gasteiger partial charge in [0.2, 0.25) is 5.91 Å². The van der Waals surface area contributed by atoms with E-state index in [1.54, 1.807) is 11.8 Å². The molecular weight excluding hydrogens is 392 g/mol. The molecule has 1 atom stereocenters. The Kier molecular flexibility index (Phi) is 4.89. The molecule has 2 amide bonds. The van der Waals surface area contributed by atoms with Crippen LogP contribution >= 0.6 is 11.8 Å².